The minimum Gasteiger partial charge on any atom is -0.486 e. The van der Waals surface area contributed by atoms with Crippen LogP contribution >= 0.6 is 0 Å². The number of rotatable bonds is 0. The summed E-state index contributed by atoms with van der Waals surface area (Å²) in [5, 5.41) is 9.51. The molecule has 1 aliphatic rings. The first kappa shape index (κ1) is 9.21. The molecular formula is C11H12O3. The third-order valence-electron chi connectivity index (χ3n) is 2.49. The lowest BCUT2D eigenvalue weighted by molar-refractivity contribution is 0.0288. The van der Waals surface area contributed by atoms with Crippen molar-refractivity contribution in [2.24, 2.45) is 0 Å². The third-order valence-corrected chi connectivity index (χ3v) is 2.49. The average molecular weight is 192 g/mol. The molecule has 1 heterocycles. The molecule has 0 fully saturated rings. The van der Waals surface area contributed by atoms with Crippen LogP contribution in [0.4, 0.5) is 0 Å². The van der Waals surface area contributed by atoms with Gasteiger partial charge >= 0.3 is 0 Å². The number of benzene rings is 1. The predicted molar refractivity (Wildman–Crippen MR) is 51.6 cm³/mol. The molecule has 0 unspecified atom stereocenters. The van der Waals surface area contributed by atoms with Crippen LogP contribution in [-0.2, 0) is 0 Å². The Bertz CT molecular complexity index is 384. The summed E-state index contributed by atoms with van der Waals surface area (Å²) in [6.45, 7) is 3.58. The highest BCUT2D eigenvalue weighted by atomic mass is 16.5. The van der Waals surface area contributed by atoms with E-state index in [1.54, 1.807) is 19.1 Å². The van der Waals surface area contributed by atoms with E-state index < -0.39 is 12.2 Å². The molecule has 1 N–H and O–H groups in total. The van der Waals surface area contributed by atoms with Crippen LogP contribution in [0.25, 0.3) is 0 Å². The Kier molecular flexibility index (Phi) is 2.04. The molecule has 0 aliphatic carbocycles. The highest BCUT2D eigenvalue weighted by Crippen LogP contribution is 2.30. The zero-order valence-corrected chi connectivity index (χ0v) is 8.15. The number of aliphatic hydroxyl groups is 1. The minimum absolute atomic E-state index is 0.248. The van der Waals surface area contributed by atoms with Gasteiger partial charge in [-0.05, 0) is 25.5 Å². The summed E-state index contributed by atoms with van der Waals surface area (Å²) in [4.78, 5) is 11.6. The number of ether oxygens (including phenoxy) is 1. The van der Waals surface area contributed by atoms with Gasteiger partial charge in [0.15, 0.2) is 11.9 Å². The fourth-order valence-corrected chi connectivity index (χ4v) is 1.63. The summed E-state index contributed by atoms with van der Waals surface area (Å²) >= 11 is 0. The molecule has 14 heavy (non-hydrogen) atoms. The largest absolute Gasteiger partial charge is 0.486 e. The number of fused-ring (bicyclic) bond motifs is 1. The molecule has 1 aromatic rings. The minimum atomic E-state index is -1.04. The zero-order chi connectivity index (χ0) is 10.3. The lowest BCUT2D eigenvalue weighted by Crippen LogP contribution is -2.40. The van der Waals surface area contributed by atoms with Crippen molar-refractivity contribution in [3.05, 3.63) is 29.3 Å². The van der Waals surface area contributed by atoms with Crippen LogP contribution in [0, 0.1) is 6.92 Å². The number of carbonyl (C=O) groups is 1. The van der Waals surface area contributed by atoms with Crippen LogP contribution in [-0.4, -0.2) is 23.1 Å². The Labute approximate surface area is 82.3 Å². The number of aliphatic hydroxyl groups excluding tert-OH is 1. The second-order valence-corrected chi connectivity index (χ2v) is 3.58. The van der Waals surface area contributed by atoms with Gasteiger partial charge in [0.05, 0.1) is 5.56 Å². The first-order valence-electron chi connectivity index (χ1n) is 4.60. The lowest BCUT2D eigenvalue weighted by Gasteiger charge is -2.27. The number of carbonyl (C=O) groups excluding carboxylic acids is 1. The predicted octanol–water partition coefficient (Wildman–Crippen LogP) is 1.32. The van der Waals surface area contributed by atoms with Crippen molar-refractivity contribution in [1.82, 2.24) is 0 Å². The van der Waals surface area contributed by atoms with Crippen LogP contribution in [0.1, 0.15) is 22.8 Å². The summed E-state index contributed by atoms with van der Waals surface area (Å²) in [6, 6.07) is 5.36. The van der Waals surface area contributed by atoms with Gasteiger partial charge < -0.3 is 9.84 Å². The Hall–Kier alpha value is -1.35. The van der Waals surface area contributed by atoms with Crippen molar-refractivity contribution < 1.29 is 14.6 Å². The highest BCUT2D eigenvalue weighted by Gasteiger charge is 2.33. The van der Waals surface area contributed by atoms with Crippen molar-refractivity contribution in [3.8, 4) is 5.75 Å². The lowest BCUT2D eigenvalue weighted by atomic mass is 9.97. The second-order valence-electron chi connectivity index (χ2n) is 3.58. The molecule has 2 atom stereocenters. The van der Waals surface area contributed by atoms with Crippen LogP contribution in [0.2, 0.25) is 0 Å². The van der Waals surface area contributed by atoms with E-state index in [-0.39, 0.29) is 5.78 Å². The van der Waals surface area contributed by atoms with E-state index in [0.717, 1.165) is 5.56 Å². The van der Waals surface area contributed by atoms with Crippen molar-refractivity contribution in [2.45, 2.75) is 26.1 Å². The van der Waals surface area contributed by atoms with Gasteiger partial charge in [-0.15, -0.1) is 0 Å². The molecular weight excluding hydrogens is 180 g/mol. The SMILES string of the molecule is Cc1cccc2c1O[C@@H](C)[C@@H](O)C2=O. The zero-order valence-electron chi connectivity index (χ0n) is 8.15. The summed E-state index contributed by atoms with van der Waals surface area (Å²) < 4.78 is 5.47. The number of Topliss-reactive ketones (excluding diaryl/α,β-unsaturated/α-hetero) is 1. The van der Waals surface area contributed by atoms with Gasteiger partial charge in [0, 0.05) is 0 Å². The maximum Gasteiger partial charge on any atom is 0.198 e. The monoisotopic (exact) mass is 192 g/mol. The molecule has 0 saturated heterocycles. The molecule has 2 rings (SSSR count). The van der Waals surface area contributed by atoms with Crippen molar-refractivity contribution in [2.75, 3.05) is 0 Å². The van der Waals surface area contributed by atoms with Crippen LogP contribution in [0.5, 0.6) is 5.75 Å². The molecule has 0 amide bonds. The molecule has 0 radical (unpaired) electrons. The van der Waals surface area contributed by atoms with Gasteiger partial charge in [-0.3, -0.25) is 4.79 Å². The van der Waals surface area contributed by atoms with E-state index in [2.05, 4.69) is 0 Å². The Morgan fingerprint density at radius 1 is 1.43 bits per heavy atom. The van der Waals surface area contributed by atoms with Gasteiger partial charge in [0.1, 0.15) is 11.9 Å². The first-order valence-corrected chi connectivity index (χ1v) is 4.60. The summed E-state index contributed by atoms with van der Waals surface area (Å²) in [5.74, 6) is 0.359. The van der Waals surface area contributed by atoms with Crippen molar-refractivity contribution in [3.63, 3.8) is 0 Å². The van der Waals surface area contributed by atoms with E-state index in [0.29, 0.717) is 11.3 Å². The van der Waals surface area contributed by atoms with E-state index in [4.69, 9.17) is 4.74 Å². The van der Waals surface area contributed by atoms with Crippen LogP contribution in [0.3, 0.4) is 0 Å². The molecule has 0 aromatic heterocycles. The highest BCUT2D eigenvalue weighted by molar-refractivity contribution is 6.03. The van der Waals surface area contributed by atoms with E-state index in [1.807, 2.05) is 13.0 Å². The molecule has 0 saturated carbocycles. The van der Waals surface area contributed by atoms with Gasteiger partial charge in [0.2, 0.25) is 0 Å². The maximum absolute atomic E-state index is 11.6. The van der Waals surface area contributed by atoms with Crippen molar-refractivity contribution >= 4 is 5.78 Å². The Balaban J connectivity index is 2.56. The van der Waals surface area contributed by atoms with Crippen molar-refractivity contribution in [1.29, 1.82) is 0 Å². The number of hydrogen-bond donors (Lipinski definition) is 1. The third kappa shape index (κ3) is 1.21. The van der Waals surface area contributed by atoms with Gasteiger partial charge in [-0.1, -0.05) is 12.1 Å². The summed E-state index contributed by atoms with van der Waals surface area (Å²) in [6.07, 6.45) is -1.50. The van der Waals surface area contributed by atoms with Gasteiger partial charge in [-0.25, -0.2) is 0 Å². The Morgan fingerprint density at radius 2 is 2.14 bits per heavy atom. The van der Waals surface area contributed by atoms with Gasteiger partial charge in [-0.2, -0.15) is 0 Å². The molecule has 3 nitrogen and oxygen atoms in total. The number of aryl methyl sites for hydroxylation is 1. The fraction of sp³-hybridized carbons (Fsp3) is 0.364. The van der Waals surface area contributed by atoms with E-state index in [9.17, 15) is 9.90 Å². The maximum atomic E-state index is 11.6. The molecule has 0 bridgehead atoms. The first-order chi connectivity index (χ1) is 6.61. The molecule has 3 heteroatoms. The number of hydrogen-bond acceptors (Lipinski definition) is 3. The normalized spacial score (nSPS) is 25.5. The summed E-state index contributed by atoms with van der Waals surface area (Å²) in [7, 11) is 0. The number of para-hydroxylation sites is 1. The molecule has 74 valence electrons. The fourth-order valence-electron chi connectivity index (χ4n) is 1.63. The average Bonchev–Trinajstić information content (AvgIpc) is 2.17. The second kappa shape index (κ2) is 3.10. The molecule has 1 aliphatic heterocycles. The quantitative estimate of drug-likeness (QED) is 0.674. The Morgan fingerprint density at radius 3 is 2.86 bits per heavy atom. The number of ketones is 1. The standard InChI is InChI=1S/C11H12O3/c1-6-4-3-5-8-10(13)9(12)7(2)14-11(6)8/h3-5,7,9,12H,1-2H3/t7-,9+/m0/s1. The van der Waals surface area contributed by atoms with Crippen LogP contribution in [0.15, 0.2) is 18.2 Å². The van der Waals surface area contributed by atoms with Crippen LogP contribution < -0.4 is 4.74 Å². The topological polar surface area (TPSA) is 46.5 Å². The smallest absolute Gasteiger partial charge is 0.198 e. The molecule has 1 aromatic carbocycles. The van der Waals surface area contributed by atoms with E-state index in [1.165, 1.54) is 0 Å². The van der Waals surface area contributed by atoms with E-state index >= 15 is 0 Å². The molecule has 0 spiro atoms. The van der Waals surface area contributed by atoms with Gasteiger partial charge in [0.25, 0.3) is 0 Å². The summed E-state index contributed by atoms with van der Waals surface area (Å²) in [5.41, 5.74) is 1.41.